The zero-order valence-electron chi connectivity index (χ0n) is 10.9. The second-order valence-corrected chi connectivity index (χ2v) is 4.78. The van der Waals surface area contributed by atoms with Crippen LogP contribution in [0.25, 0.3) is 0 Å². The quantitative estimate of drug-likeness (QED) is 0.828. The van der Waals surface area contributed by atoms with Crippen LogP contribution in [0.5, 0.6) is 0 Å². The van der Waals surface area contributed by atoms with E-state index in [4.69, 9.17) is 0 Å². The van der Waals surface area contributed by atoms with E-state index in [0.29, 0.717) is 18.5 Å². The third-order valence-electron chi connectivity index (χ3n) is 3.40. The smallest absolute Gasteiger partial charge is 0.251 e. The average molecular weight is 262 g/mol. The number of aliphatic hydroxyl groups is 1. The summed E-state index contributed by atoms with van der Waals surface area (Å²) in [5, 5.41) is 12.1. The Bertz CT molecular complexity index is 461. The summed E-state index contributed by atoms with van der Waals surface area (Å²) in [6.07, 6.45) is 0.592. The number of amides is 2. The van der Waals surface area contributed by atoms with Crippen molar-refractivity contribution in [3.05, 3.63) is 35.9 Å². The number of likely N-dealkylation sites (tertiary alicyclic amines) is 1. The molecule has 0 unspecified atom stereocenters. The van der Waals surface area contributed by atoms with Crippen molar-refractivity contribution in [1.29, 1.82) is 0 Å². The number of hydrogen-bond donors (Lipinski definition) is 2. The molecule has 0 saturated carbocycles. The third-order valence-corrected chi connectivity index (χ3v) is 3.40. The van der Waals surface area contributed by atoms with Crippen molar-refractivity contribution in [3.63, 3.8) is 0 Å². The first-order chi connectivity index (χ1) is 9.11. The van der Waals surface area contributed by atoms with Gasteiger partial charge in [-0.05, 0) is 18.6 Å². The SMILES string of the molecule is CC(=O)N1C[C@@H](NC(=O)c2ccccc2)C[C@H]1CO. The maximum absolute atomic E-state index is 12.0. The molecule has 2 rings (SSSR count). The number of hydrogen-bond acceptors (Lipinski definition) is 3. The first-order valence-corrected chi connectivity index (χ1v) is 6.35. The molecule has 0 radical (unpaired) electrons. The topological polar surface area (TPSA) is 69.6 Å². The Morgan fingerprint density at radius 1 is 1.37 bits per heavy atom. The van der Waals surface area contributed by atoms with Gasteiger partial charge in [-0.1, -0.05) is 18.2 Å². The van der Waals surface area contributed by atoms with Gasteiger partial charge in [0.2, 0.25) is 5.91 Å². The van der Waals surface area contributed by atoms with Crippen LogP contribution in [0.4, 0.5) is 0 Å². The van der Waals surface area contributed by atoms with Gasteiger partial charge in [-0.3, -0.25) is 9.59 Å². The van der Waals surface area contributed by atoms with Gasteiger partial charge in [0.1, 0.15) is 0 Å². The molecular weight excluding hydrogens is 244 g/mol. The molecule has 1 fully saturated rings. The van der Waals surface area contributed by atoms with Crippen LogP contribution in [-0.2, 0) is 4.79 Å². The molecular formula is C14H18N2O3. The highest BCUT2D eigenvalue weighted by Gasteiger charge is 2.33. The van der Waals surface area contributed by atoms with Gasteiger partial charge in [-0.15, -0.1) is 0 Å². The number of nitrogens with zero attached hydrogens (tertiary/aromatic N) is 1. The van der Waals surface area contributed by atoms with E-state index >= 15 is 0 Å². The fraction of sp³-hybridized carbons (Fsp3) is 0.429. The Morgan fingerprint density at radius 3 is 2.58 bits per heavy atom. The van der Waals surface area contributed by atoms with E-state index in [2.05, 4.69) is 5.32 Å². The van der Waals surface area contributed by atoms with Crippen LogP contribution in [0.3, 0.4) is 0 Å². The summed E-state index contributed by atoms with van der Waals surface area (Å²) >= 11 is 0. The number of rotatable bonds is 3. The number of aliphatic hydroxyl groups excluding tert-OH is 1. The summed E-state index contributed by atoms with van der Waals surface area (Å²) in [7, 11) is 0. The van der Waals surface area contributed by atoms with Crippen LogP contribution in [0.15, 0.2) is 30.3 Å². The molecule has 2 amide bonds. The van der Waals surface area contributed by atoms with Crippen LogP contribution in [0.2, 0.25) is 0 Å². The van der Waals surface area contributed by atoms with E-state index in [1.165, 1.54) is 6.92 Å². The minimum Gasteiger partial charge on any atom is -0.394 e. The van der Waals surface area contributed by atoms with Crippen molar-refractivity contribution in [2.45, 2.75) is 25.4 Å². The number of benzene rings is 1. The highest BCUT2D eigenvalue weighted by molar-refractivity contribution is 5.94. The number of carbonyl (C=O) groups excluding carboxylic acids is 2. The minimum atomic E-state index is -0.196. The summed E-state index contributed by atoms with van der Waals surface area (Å²) in [6, 6.07) is 8.66. The van der Waals surface area contributed by atoms with E-state index < -0.39 is 0 Å². The lowest BCUT2D eigenvalue weighted by molar-refractivity contribution is -0.130. The average Bonchev–Trinajstić information content (AvgIpc) is 2.83. The maximum atomic E-state index is 12.0. The van der Waals surface area contributed by atoms with Gasteiger partial charge in [0.15, 0.2) is 0 Å². The van der Waals surface area contributed by atoms with Gasteiger partial charge in [0.25, 0.3) is 5.91 Å². The lowest BCUT2D eigenvalue weighted by Gasteiger charge is -2.20. The Kier molecular flexibility index (Phi) is 4.16. The molecule has 0 aliphatic carbocycles. The zero-order chi connectivity index (χ0) is 13.8. The van der Waals surface area contributed by atoms with Crippen molar-refractivity contribution in [3.8, 4) is 0 Å². The molecule has 1 heterocycles. The van der Waals surface area contributed by atoms with Gasteiger partial charge >= 0.3 is 0 Å². The van der Waals surface area contributed by atoms with Crippen LogP contribution in [0, 0.1) is 0 Å². The molecule has 1 saturated heterocycles. The summed E-state index contributed by atoms with van der Waals surface area (Å²) in [4.78, 5) is 25.0. The van der Waals surface area contributed by atoms with Crippen LogP contribution >= 0.6 is 0 Å². The van der Waals surface area contributed by atoms with Crippen molar-refractivity contribution >= 4 is 11.8 Å². The van der Waals surface area contributed by atoms with Gasteiger partial charge < -0.3 is 15.3 Å². The van der Waals surface area contributed by atoms with E-state index in [-0.39, 0.29) is 30.5 Å². The molecule has 1 aromatic rings. The summed E-state index contributed by atoms with van der Waals surface area (Å²) < 4.78 is 0. The fourth-order valence-electron chi connectivity index (χ4n) is 2.44. The lowest BCUT2D eigenvalue weighted by atomic mass is 10.1. The van der Waals surface area contributed by atoms with E-state index in [0.717, 1.165) is 0 Å². The second kappa shape index (κ2) is 5.84. The minimum absolute atomic E-state index is 0.0721. The molecule has 1 aliphatic rings. The van der Waals surface area contributed by atoms with Gasteiger partial charge in [0, 0.05) is 25.1 Å². The Morgan fingerprint density at radius 2 is 2.05 bits per heavy atom. The Labute approximate surface area is 112 Å². The zero-order valence-corrected chi connectivity index (χ0v) is 10.9. The van der Waals surface area contributed by atoms with Crippen molar-refractivity contribution in [2.75, 3.05) is 13.2 Å². The third kappa shape index (κ3) is 3.12. The molecule has 2 atom stereocenters. The van der Waals surface area contributed by atoms with E-state index in [9.17, 15) is 14.7 Å². The van der Waals surface area contributed by atoms with Crippen molar-refractivity contribution in [2.24, 2.45) is 0 Å². The normalized spacial score (nSPS) is 22.3. The molecule has 5 heteroatoms. The lowest BCUT2D eigenvalue weighted by Crippen LogP contribution is -2.39. The van der Waals surface area contributed by atoms with Crippen LogP contribution < -0.4 is 5.32 Å². The van der Waals surface area contributed by atoms with Crippen molar-refractivity contribution < 1.29 is 14.7 Å². The molecule has 1 aliphatic heterocycles. The Hall–Kier alpha value is -1.88. The van der Waals surface area contributed by atoms with Gasteiger partial charge in [0.05, 0.1) is 12.6 Å². The van der Waals surface area contributed by atoms with Gasteiger partial charge in [-0.25, -0.2) is 0 Å². The highest BCUT2D eigenvalue weighted by Crippen LogP contribution is 2.18. The molecule has 1 aromatic carbocycles. The predicted octanol–water partition coefficient (Wildman–Crippen LogP) is 0.398. The monoisotopic (exact) mass is 262 g/mol. The largest absolute Gasteiger partial charge is 0.394 e. The van der Waals surface area contributed by atoms with E-state index in [1.54, 1.807) is 17.0 Å². The molecule has 0 aromatic heterocycles. The molecule has 19 heavy (non-hydrogen) atoms. The number of carbonyl (C=O) groups is 2. The molecule has 102 valence electrons. The van der Waals surface area contributed by atoms with Crippen molar-refractivity contribution in [1.82, 2.24) is 10.2 Å². The predicted molar refractivity (Wildman–Crippen MR) is 70.6 cm³/mol. The van der Waals surface area contributed by atoms with Crippen LogP contribution in [0.1, 0.15) is 23.7 Å². The first-order valence-electron chi connectivity index (χ1n) is 6.35. The standard InChI is InChI=1S/C14H18N2O3/c1-10(18)16-8-12(7-13(16)9-17)15-14(19)11-5-3-2-4-6-11/h2-6,12-13,17H,7-9H2,1H3,(H,15,19)/t12-,13-/m0/s1. The summed E-state index contributed by atoms with van der Waals surface area (Å²) in [5.41, 5.74) is 0.601. The fourth-order valence-corrected chi connectivity index (χ4v) is 2.44. The molecule has 2 N–H and O–H groups in total. The van der Waals surface area contributed by atoms with Gasteiger partial charge in [-0.2, -0.15) is 0 Å². The maximum Gasteiger partial charge on any atom is 0.251 e. The van der Waals surface area contributed by atoms with Crippen LogP contribution in [-0.4, -0.2) is 47.1 Å². The molecule has 0 spiro atoms. The molecule has 5 nitrogen and oxygen atoms in total. The molecule has 0 bridgehead atoms. The highest BCUT2D eigenvalue weighted by atomic mass is 16.3. The second-order valence-electron chi connectivity index (χ2n) is 4.78. The first kappa shape index (κ1) is 13.5. The summed E-state index contributed by atoms with van der Waals surface area (Å²) in [6.45, 7) is 1.86. The number of nitrogens with one attached hydrogen (secondary N) is 1. The summed E-state index contributed by atoms with van der Waals surface area (Å²) in [5.74, 6) is -0.219. The van der Waals surface area contributed by atoms with E-state index in [1.807, 2.05) is 18.2 Å². The Balaban J connectivity index is 1.98.